The zero-order valence-electron chi connectivity index (χ0n) is 15.2. The van der Waals surface area contributed by atoms with Gasteiger partial charge in [0.1, 0.15) is 18.5 Å². The summed E-state index contributed by atoms with van der Waals surface area (Å²) in [5, 5.41) is 9.49. The number of hydrogen-bond donors (Lipinski definition) is 2. The zero-order valence-corrected chi connectivity index (χ0v) is 17.6. The third-order valence-corrected chi connectivity index (χ3v) is 5.45. The number of aliphatic carboxylic acids is 1. The molecule has 3 aromatic carbocycles. The van der Waals surface area contributed by atoms with Crippen molar-refractivity contribution in [2.75, 3.05) is 0 Å². The maximum Gasteiger partial charge on any atom is 0.321 e. The van der Waals surface area contributed by atoms with Crippen molar-refractivity contribution in [2.24, 2.45) is 0 Å². The molecule has 0 heterocycles. The van der Waals surface area contributed by atoms with Gasteiger partial charge in [0.15, 0.2) is 11.5 Å². The molecule has 3 rings (SSSR count). The Hall–Kier alpha value is -2.34. The molecular weight excluding hydrogens is 431 g/mol. The Balaban J connectivity index is 1.90. The van der Waals surface area contributed by atoms with Crippen LogP contribution >= 0.6 is 35.8 Å². The standard InChI is InChI=1S/C22H18Cl2O4S/c23-17-9-3-1-6-14(17)12-27-19-11-5-8-16(21(29)22(25)26)20(19)28-13-15-7-2-4-10-18(15)24/h1-11,21,29H,12-13H2,(H,25,26). The minimum absolute atomic E-state index is 0.152. The molecule has 4 nitrogen and oxygen atoms in total. The number of rotatable bonds is 8. The lowest BCUT2D eigenvalue weighted by Crippen LogP contribution is -2.09. The fourth-order valence-corrected chi connectivity index (χ4v) is 3.27. The number of para-hydroxylation sites is 1. The average molecular weight is 449 g/mol. The van der Waals surface area contributed by atoms with Crippen LogP contribution in [-0.2, 0) is 18.0 Å². The van der Waals surface area contributed by atoms with E-state index in [0.29, 0.717) is 27.1 Å². The molecule has 150 valence electrons. The second-order valence-corrected chi connectivity index (χ2v) is 7.51. The Labute approximate surface area is 184 Å². The van der Waals surface area contributed by atoms with Crippen LogP contribution in [0.15, 0.2) is 66.7 Å². The van der Waals surface area contributed by atoms with E-state index in [2.05, 4.69) is 12.6 Å². The van der Waals surface area contributed by atoms with Gasteiger partial charge in [-0.3, -0.25) is 4.79 Å². The molecule has 0 aliphatic carbocycles. The van der Waals surface area contributed by atoms with Gasteiger partial charge in [0.25, 0.3) is 0 Å². The topological polar surface area (TPSA) is 55.8 Å². The second kappa shape index (κ2) is 9.92. The molecule has 1 atom stereocenters. The van der Waals surface area contributed by atoms with Gasteiger partial charge in [0, 0.05) is 26.7 Å². The van der Waals surface area contributed by atoms with E-state index < -0.39 is 11.2 Å². The van der Waals surface area contributed by atoms with Crippen LogP contribution in [0, 0.1) is 0 Å². The summed E-state index contributed by atoms with van der Waals surface area (Å²) >= 11 is 16.6. The van der Waals surface area contributed by atoms with Crippen molar-refractivity contribution in [3.8, 4) is 11.5 Å². The monoisotopic (exact) mass is 448 g/mol. The number of benzene rings is 3. The highest BCUT2D eigenvalue weighted by atomic mass is 35.5. The van der Waals surface area contributed by atoms with Crippen LogP contribution in [0.3, 0.4) is 0 Å². The average Bonchev–Trinajstić information content (AvgIpc) is 2.72. The number of halogens is 2. The normalized spacial score (nSPS) is 11.7. The summed E-state index contributed by atoms with van der Waals surface area (Å²) in [5.74, 6) is -0.379. The van der Waals surface area contributed by atoms with Gasteiger partial charge in [0.2, 0.25) is 0 Å². The van der Waals surface area contributed by atoms with Crippen LogP contribution in [0.1, 0.15) is 21.9 Å². The van der Waals surface area contributed by atoms with Gasteiger partial charge in [-0.25, -0.2) is 0 Å². The largest absolute Gasteiger partial charge is 0.485 e. The highest BCUT2D eigenvalue weighted by molar-refractivity contribution is 7.81. The zero-order chi connectivity index (χ0) is 20.8. The Morgan fingerprint density at radius 3 is 1.97 bits per heavy atom. The van der Waals surface area contributed by atoms with Crippen LogP contribution < -0.4 is 9.47 Å². The maximum atomic E-state index is 11.5. The Morgan fingerprint density at radius 1 is 0.862 bits per heavy atom. The summed E-state index contributed by atoms with van der Waals surface area (Å²) in [6.45, 7) is 0.356. The molecule has 0 bridgehead atoms. The summed E-state index contributed by atoms with van der Waals surface area (Å²) in [6.07, 6.45) is 0. The van der Waals surface area contributed by atoms with E-state index in [1.54, 1.807) is 30.3 Å². The van der Waals surface area contributed by atoms with Gasteiger partial charge in [-0.05, 0) is 18.2 Å². The number of carboxylic acid groups (broad SMARTS) is 1. The summed E-state index contributed by atoms with van der Waals surface area (Å²) in [5.41, 5.74) is 1.97. The van der Waals surface area contributed by atoms with E-state index in [-0.39, 0.29) is 13.2 Å². The van der Waals surface area contributed by atoms with Gasteiger partial charge in [0.05, 0.1) is 0 Å². The molecule has 0 radical (unpaired) electrons. The number of carboxylic acids is 1. The number of carbonyl (C=O) groups is 1. The quantitative estimate of drug-likeness (QED) is 0.402. The first-order chi connectivity index (χ1) is 14.0. The first kappa shape index (κ1) is 21.4. The first-order valence-corrected chi connectivity index (χ1v) is 10.0. The van der Waals surface area contributed by atoms with E-state index in [1.807, 2.05) is 36.4 Å². The van der Waals surface area contributed by atoms with E-state index in [0.717, 1.165) is 11.1 Å². The first-order valence-electron chi connectivity index (χ1n) is 8.73. The van der Waals surface area contributed by atoms with Crippen LogP contribution in [0.2, 0.25) is 10.0 Å². The van der Waals surface area contributed by atoms with Crippen molar-refractivity contribution in [3.05, 3.63) is 93.5 Å². The van der Waals surface area contributed by atoms with Gasteiger partial charge in [-0.15, -0.1) is 0 Å². The number of thiol groups is 1. The van der Waals surface area contributed by atoms with E-state index in [1.165, 1.54) is 0 Å². The highest BCUT2D eigenvalue weighted by Gasteiger charge is 2.23. The molecule has 0 amide bonds. The fourth-order valence-electron chi connectivity index (χ4n) is 2.69. The summed E-state index contributed by atoms with van der Waals surface area (Å²) in [6, 6.07) is 19.7. The van der Waals surface area contributed by atoms with E-state index >= 15 is 0 Å². The lowest BCUT2D eigenvalue weighted by molar-refractivity contribution is -0.136. The van der Waals surface area contributed by atoms with Crippen molar-refractivity contribution < 1.29 is 19.4 Å². The predicted octanol–water partition coefficient (Wildman–Crippen LogP) is 6.21. The molecule has 0 aromatic heterocycles. The number of hydrogen-bond acceptors (Lipinski definition) is 4. The third-order valence-electron chi connectivity index (χ3n) is 4.21. The van der Waals surface area contributed by atoms with E-state index in [4.69, 9.17) is 32.7 Å². The van der Waals surface area contributed by atoms with Crippen molar-refractivity contribution in [3.63, 3.8) is 0 Å². The predicted molar refractivity (Wildman–Crippen MR) is 117 cm³/mol. The van der Waals surface area contributed by atoms with Crippen molar-refractivity contribution in [1.29, 1.82) is 0 Å². The van der Waals surface area contributed by atoms with Crippen LogP contribution in [0.4, 0.5) is 0 Å². The fraction of sp³-hybridized carbons (Fsp3) is 0.136. The molecule has 0 fully saturated rings. The molecule has 3 aromatic rings. The molecule has 29 heavy (non-hydrogen) atoms. The van der Waals surface area contributed by atoms with Crippen molar-refractivity contribution >= 4 is 41.8 Å². The molecule has 0 aliphatic rings. The third kappa shape index (κ3) is 5.38. The lowest BCUT2D eigenvalue weighted by Gasteiger charge is -2.19. The van der Waals surface area contributed by atoms with E-state index in [9.17, 15) is 9.90 Å². The smallest absolute Gasteiger partial charge is 0.321 e. The van der Waals surface area contributed by atoms with Crippen molar-refractivity contribution in [2.45, 2.75) is 18.5 Å². The Kier molecular flexibility index (Phi) is 7.31. The molecule has 0 saturated heterocycles. The van der Waals surface area contributed by atoms with Gasteiger partial charge in [-0.1, -0.05) is 71.7 Å². The minimum Gasteiger partial charge on any atom is -0.485 e. The van der Waals surface area contributed by atoms with Crippen LogP contribution in [0.25, 0.3) is 0 Å². The lowest BCUT2D eigenvalue weighted by atomic mass is 10.1. The summed E-state index contributed by atoms with van der Waals surface area (Å²) in [4.78, 5) is 11.5. The van der Waals surface area contributed by atoms with Gasteiger partial charge in [-0.2, -0.15) is 12.6 Å². The second-order valence-electron chi connectivity index (χ2n) is 6.18. The molecule has 0 saturated carbocycles. The Morgan fingerprint density at radius 2 is 1.41 bits per heavy atom. The number of ether oxygens (including phenoxy) is 2. The molecule has 0 aliphatic heterocycles. The Bertz CT molecular complexity index is 1010. The molecule has 1 N–H and O–H groups in total. The highest BCUT2D eigenvalue weighted by Crippen LogP contribution is 2.39. The molecular formula is C22H18Cl2O4S. The van der Waals surface area contributed by atoms with Crippen molar-refractivity contribution in [1.82, 2.24) is 0 Å². The SMILES string of the molecule is O=C(O)C(S)c1cccc(OCc2ccccc2Cl)c1OCc1ccccc1Cl. The van der Waals surface area contributed by atoms with Crippen LogP contribution in [0.5, 0.6) is 11.5 Å². The minimum atomic E-state index is -1.08. The molecule has 7 heteroatoms. The summed E-state index contributed by atoms with van der Waals surface area (Å²) in [7, 11) is 0. The van der Waals surface area contributed by atoms with Crippen LogP contribution in [-0.4, -0.2) is 11.1 Å². The van der Waals surface area contributed by atoms with Gasteiger partial charge < -0.3 is 14.6 Å². The van der Waals surface area contributed by atoms with Gasteiger partial charge >= 0.3 is 5.97 Å². The summed E-state index contributed by atoms with van der Waals surface area (Å²) < 4.78 is 11.9. The molecule has 0 spiro atoms. The maximum absolute atomic E-state index is 11.5. The molecule has 1 unspecified atom stereocenters.